The number of aryl methyl sites for hydroxylation is 1. The molecular formula is C23H30N4O2. The Morgan fingerprint density at radius 3 is 2.83 bits per heavy atom. The van der Waals surface area contributed by atoms with E-state index in [2.05, 4.69) is 33.1 Å². The first-order valence-corrected chi connectivity index (χ1v) is 10.5. The molecule has 29 heavy (non-hydrogen) atoms. The number of amides is 1. The van der Waals surface area contributed by atoms with Gasteiger partial charge in [-0.15, -0.1) is 0 Å². The molecule has 6 heteroatoms. The quantitative estimate of drug-likeness (QED) is 0.814. The average Bonchev–Trinajstić information content (AvgIpc) is 3.38. The molecule has 3 heterocycles. The van der Waals surface area contributed by atoms with Crippen molar-refractivity contribution in [1.82, 2.24) is 9.88 Å². The van der Waals surface area contributed by atoms with Crippen molar-refractivity contribution in [2.75, 3.05) is 42.9 Å². The highest BCUT2D eigenvalue weighted by molar-refractivity contribution is 5.93. The highest BCUT2D eigenvalue weighted by Gasteiger charge is 2.27. The fourth-order valence-corrected chi connectivity index (χ4v) is 4.14. The normalized spacial score (nSPS) is 19.5. The maximum atomic E-state index is 12.5. The van der Waals surface area contributed by atoms with E-state index in [0.717, 1.165) is 55.4 Å². The summed E-state index contributed by atoms with van der Waals surface area (Å²) in [5, 5.41) is 3.05. The Bertz CT molecular complexity index is 864. The second kappa shape index (κ2) is 8.82. The van der Waals surface area contributed by atoms with E-state index in [1.807, 2.05) is 37.4 Å². The van der Waals surface area contributed by atoms with Gasteiger partial charge in [-0.05, 0) is 62.4 Å². The Hall–Kier alpha value is -2.60. The van der Waals surface area contributed by atoms with E-state index in [-0.39, 0.29) is 12.0 Å². The van der Waals surface area contributed by atoms with Crippen LogP contribution in [0, 0.1) is 13.8 Å². The molecule has 2 aliphatic rings. The van der Waals surface area contributed by atoms with Crippen LogP contribution < -0.4 is 15.0 Å². The van der Waals surface area contributed by atoms with Crippen molar-refractivity contribution >= 4 is 17.4 Å². The fraction of sp³-hybridized carbons (Fsp3) is 0.478. The summed E-state index contributed by atoms with van der Waals surface area (Å²) in [6, 6.07) is 9.93. The van der Waals surface area contributed by atoms with Gasteiger partial charge in [-0.25, -0.2) is 4.98 Å². The van der Waals surface area contributed by atoms with Crippen molar-refractivity contribution in [2.24, 2.45) is 0 Å². The second-order valence-corrected chi connectivity index (χ2v) is 8.08. The molecule has 0 unspecified atom stereocenters. The molecule has 1 atom stereocenters. The Morgan fingerprint density at radius 1 is 1.17 bits per heavy atom. The van der Waals surface area contributed by atoms with Crippen LogP contribution in [-0.4, -0.2) is 54.6 Å². The van der Waals surface area contributed by atoms with Gasteiger partial charge in [-0.1, -0.05) is 12.1 Å². The third-order valence-corrected chi connectivity index (χ3v) is 5.93. The number of carbonyl (C=O) groups is 1. The first kappa shape index (κ1) is 19.7. The highest BCUT2D eigenvalue weighted by Crippen LogP contribution is 2.30. The number of hydrogen-bond donors (Lipinski definition) is 1. The summed E-state index contributed by atoms with van der Waals surface area (Å²) in [5.41, 5.74) is 3.20. The van der Waals surface area contributed by atoms with Crippen molar-refractivity contribution < 1.29 is 9.53 Å². The van der Waals surface area contributed by atoms with E-state index in [1.165, 1.54) is 18.4 Å². The summed E-state index contributed by atoms with van der Waals surface area (Å²) in [4.78, 5) is 21.5. The molecule has 0 saturated carbocycles. The Morgan fingerprint density at radius 2 is 2.00 bits per heavy atom. The van der Waals surface area contributed by atoms with Gasteiger partial charge in [0.25, 0.3) is 0 Å². The summed E-state index contributed by atoms with van der Waals surface area (Å²) in [5.74, 6) is 1.84. The number of pyridine rings is 1. The SMILES string of the molecule is Cc1cccc(NC(=O)CN2CC[C@@H](Oc3cccnc3N3CCCC3)C2)c1C. The van der Waals surface area contributed by atoms with E-state index >= 15 is 0 Å². The summed E-state index contributed by atoms with van der Waals surface area (Å²) in [6.45, 7) is 8.20. The molecule has 4 rings (SSSR count). The first-order chi connectivity index (χ1) is 14.1. The lowest BCUT2D eigenvalue weighted by atomic mass is 10.1. The van der Waals surface area contributed by atoms with E-state index in [1.54, 1.807) is 0 Å². The van der Waals surface area contributed by atoms with Crippen LogP contribution in [0.2, 0.25) is 0 Å². The predicted molar refractivity (Wildman–Crippen MR) is 116 cm³/mol. The van der Waals surface area contributed by atoms with Gasteiger partial charge >= 0.3 is 0 Å². The van der Waals surface area contributed by atoms with Crippen LogP contribution in [0.5, 0.6) is 5.75 Å². The van der Waals surface area contributed by atoms with Gasteiger partial charge in [0, 0.05) is 38.1 Å². The van der Waals surface area contributed by atoms with E-state index in [0.29, 0.717) is 6.54 Å². The maximum Gasteiger partial charge on any atom is 0.238 e. The fourth-order valence-electron chi connectivity index (χ4n) is 4.14. The lowest BCUT2D eigenvalue weighted by Gasteiger charge is -2.22. The van der Waals surface area contributed by atoms with Gasteiger partial charge in [-0.2, -0.15) is 0 Å². The van der Waals surface area contributed by atoms with Gasteiger partial charge in [0.05, 0.1) is 6.54 Å². The van der Waals surface area contributed by atoms with E-state index < -0.39 is 0 Å². The maximum absolute atomic E-state index is 12.5. The number of likely N-dealkylation sites (tertiary alicyclic amines) is 1. The number of nitrogens with zero attached hydrogens (tertiary/aromatic N) is 3. The minimum Gasteiger partial charge on any atom is -0.485 e. The molecule has 1 amide bonds. The number of anilines is 2. The molecule has 1 aromatic heterocycles. The first-order valence-electron chi connectivity index (χ1n) is 10.5. The molecule has 2 fully saturated rings. The monoisotopic (exact) mass is 394 g/mol. The molecule has 0 radical (unpaired) electrons. The van der Waals surface area contributed by atoms with Crippen molar-refractivity contribution in [2.45, 2.75) is 39.2 Å². The number of aromatic nitrogens is 1. The smallest absolute Gasteiger partial charge is 0.238 e. The molecule has 1 N–H and O–H groups in total. The number of ether oxygens (including phenoxy) is 1. The van der Waals surface area contributed by atoms with Crippen molar-refractivity contribution in [3.63, 3.8) is 0 Å². The van der Waals surface area contributed by atoms with Crippen LogP contribution >= 0.6 is 0 Å². The van der Waals surface area contributed by atoms with Crippen LogP contribution in [0.3, 0.4) is 0 Å². The number of hydrogen-bond acceptors (Lipinski definition) is 5. The molecule has 0 spiro atoms. The zero-order chi connectivity index (χ0) is 20.2. The van der Waals surface area contributed by atoms with Gasteiger partial charge in [0.1, 0.15) is 6.10 Å². The van der Waals surface area contributed by atoms with Gasteiger partial charge in [0.15, 0.2) is 11.6 Å². The summed E-state index contributed by atoms with van der Waals surface area (Å²) in [7, 11) is 0. The topological polar surface area (TPSA) is 57.7 Å². The summed E-state index contributed by atoms with van der Waals surface area (Å²) >= 11 is 0. The summed E-state index contributed by atoms with van der Waals surface area (Å²) < 4.78 is 6.31. The molecule has 154 valence electrons. The molecule has 2 aromatic rings. The minimum atomic E-state index is 0.0264. The molecular weight excluding hydrogens is 364 g/mol. The summed E-state index contributed by atoms with van der Waals surface area (Å²) in [6.07, 6.45) is 5.27. The molecule has 2 aliphatic heterocycles. The number of nitrogens with one attached hydrogen (secondary N) is 1. The highest BCUT2D eigenvalue weighted by atomic mass is 16.5. The van der Waals surface area contributed by atoms with Crippen LogP contribution in [-0.2, 0) is 4.79 Å². The lowest BCUT2D eigenvalue weighted by Crippen LogP contribution is -2.33. The number of carbonyl (C=O) groups excluding carboxylic acids is 1. The zero-order valence-corrected chi connectivity index (χ0v) is 17.4. The molecule has 2 saturated heterocycles. The molecule has 0 bridgehead atoms. The average molecular weight is 395 g/mol. The van der Waals surface area contributed by atoms with Crippen LogP contribution in [0.15, 0.2) is 36.5 Å². The lowest BCUT2D eigenvalue weighted by molar-refractivity contribution is -0.117. The van der Waals surface area contributed by atoms with E-state index in [4.69, 9.17) is 4.74 Å². The standard InChI is InChI=1S/C23H30N4O2/c1-17-7-5-8-20(18(17)2)25-22(28)16-26-14-10-19(15-26)29-21-9-6-11-24-23(21)27-12-3-4-13-27/h5-9,11,19H,3-4,10,12-16H2,1-2H3,(H,25,28)/t19-/m1/s1. The van der Waals surface area contributed by atoms with E-state index in [9.17, 15) is 4.79 Å². The Labute approximate surface area is 172 Å². The minimum absolute atomic E-state index is 0.0264. The second-order valence-electron chi connectivity index (χ2n) is 8.08. The molecule has 1 aromatic carbocycles. The Balaban J connectivity index is 1.32. The largest absolute Gasteiger partial charge is 0.485 e. The molecule has 0 aliphatic carbocycles. The predicted octanol–water partition coefficient (Wildman–Crippen LogP) is 3.39. The van der Waals surface area contributed by atoms with Crippen molar-refractivity contribution in [3.8, 4) is 5.75 Å². The Kier molecular flexibility index (Phi) is 6.00. The van der Waals surface area contributed by atoms with Gasteiger partial charge in [0.2, 0.25) is 5.91 Å². The van der Waals surface area contributed by atoms with Crippen LogP contribution in [0.4, 0.5) is 11.5 Å². The number of rotatable bonds is 6. The van der Waals surface area contributed by atoms with Gasteiger partial charge in [-0.3, -0.25) is 9.69 Å². The van der Waals surface area contributed by atoms with Crippen molar-refractivity contribution in [3.05, 3.63) is 47.7 Å². The molecule has 6 nitrogen and oxygen atoms in total. The third-order valence-electron chi connectivity index (χ3n) is 5.93. The van der Waals surface area contributed by atoms with Crippen LogP contribution in [0.25, 0.3) is 0 Å². The third kappa shape index (κ3) is 4.70. The number of benzene rings is 1. The zero-order valence-electron chi connectivity index (χ0n) is 17.4. The van der Waals surface area contributed by atoms with Crippen molar-refractivity contribution in [1.29, 1.82) is 0 Å². The van der Waals surface area contributed by atoms with Gasteiger partial charge < -0.3 is 15.0 Å². The van der Waals surface area contributed by atoms with Crippen LogP contribution in [0.1, 0.15) is 30.4 Å².